The zero-order valence-electron chi connectivity index (χ0n) is 13.8. The van der Waals surface area contributed by atoms with Crippen LogP contribution in [0.3, 0.4) is 0 Å². The van der Waals surface area contributed by atoms with E-state index in [1.807, 2.05) is 31.2 Å². The largest absolute Gasteiger partial charge is 0.384 e. The van der Waals surface area contributed by atoms with Crippen LogP contribution in [0.1, 0.15) is 18.4 Å². The van der Waals surface area contributed by atoms with Crippen molar-refractivity contribution in [3.05, 3.63) is 59.9 Å². The lowest BCUT2D eigenvalue weighted by molar-refractivity contribution is 0.217. The standard InChI is InChI=1S/C18H22FNO3S/c1-14(13-20-24(21,22)12-11-23-2)15-7-9-16(10-8-15)17-5-3-4-6-18(17)19/h3-10,14,20H,11-13H2,1-2H3. The van der Waals surface area contributed by atoms with Crippen LogP contribution in [0.5, 0.6) is 0 Å². The Bertz CT molecular complexity index is 760. The van der Waals surface area contributed by atoms with E-state index in [2.05, 4.69) is 4.72 Å². The Balaban J connectivity index is 2.01. The van der Waals surface area contributed by atoms with Gasteiger partial charge in [-0.15, -0.1) is 0 Å². The lowest BCUT2D eigenvalue weighted by Gasteiger charge is -2.14. The van der Waals surface area contributed by atoms with Crippen LogP contribution in [0.4, 0.5) is 4.39 Å². The second-order valence-electron chi connectivity index (χ2n) is 5.66. The van der Waals surface area contributed by atoms with E-state index in [0.29, 0.717) is 12.1 Å². The molecular formula is C18H22FNO3S. The van der Waals surface area contributed by atoms with Gasteiger partial charge in [-0.2, -0.15) is 0 Å². The van der Waals surface area contributed by atoms with Gasteiger partial charge < -0.3 is 4.74 Å². The van der Waals surface area contributed by atoms with Crippen LogP contribution in [0.25, 0.3) is 11.1 Å². The third-order valence-corrected chi connectivity index (χ3v) is 5.14. The van der Waals surface area contributed by atoms with E-state index >= 15 is 0 Å². The van der Waals surface area contributed by atoms with Crippen LogP contribution >= 0.6 is 0 Å². The topological polar surface area (TPSA) is 55.4 Å². The third-order valence-electron chi connectivity index (χ3n) is 3.83. The summed E-state index contributed by atoms with van der Waals surface area (Å²) in [6, 6.07) is 14.1. The molecule has 0 bridgehead atoms. The van der Waals surface area contributed by atoms with Gasteiger partial charge in [0.25, 0.3) is 0 Å². The molecule has 24 heavy (non-hydrogen) atoms. The Labute approximate surface area is 142 Å². The van der Waals surface area contributed by atoms with E-state index in [4.69, 9.17) is 4.74 Å². The van der Waals surface area contributed by atoms with Gasteiger partial charge in [0.05, 0.1) is 12.4 Å². The molecule has 0 radical (unpaired) electrons. The molecule has 4 nitrogen and oxygen atoms in total. The van der Waals surface area contributed by atoms with Gasteiger partial charge in [0.1, 0.15) is 5.82 Å². The fourth-order valence-electron chi connectivity index (χ4n) is 2.32. The van der Waals surface area contributed by atoms with Crippen molar-refractivity contribution in [3.63, 3.8) is 0 Å². The van der Waals surface area contributed by atoms with Crippen molar-refractivity contribution in [3.8, 4) is 11.1 Å². The highest BCUT2D eigenvalue weighted by Gasteiger charge is 2.13. The van der Waals surface area contributed by atoms with Crippen LogP contribution in [0, 0.1) is 5.82 Å². The second kappa shape index (κ2) is 8.37. The Morgan fingerprint density at radius 1 is 1.12 bits per heavy atom. The first-order chi connectivity index (χ1) is 11.4. The van der Waals surface area contributed by atoms with Gasteiger partial charge in [-0.1, -0.05) is 49.4 Å². The van der Waals surface area contributed by atoms with E-state index < -0.39 is 10.0 Å². The predicted octanol–water partition coefficient (Wildman–Crippen LogP) is 3.16. The first-order valence-electron chi connectivity index (χ1n) is 7.74. The second-order valence-corrected chi connectivity index (χ2v) is 7.59. The first kappa shape index (κ1) is 18.6. The molecule has 6 heteroatoms. The lowest BCUT2D eigenvalue weighted by atomic mass is 9.97. The van der Waals surface area contributed by atoms with Gasteiger partial charge in [-0.25, -0.2) is 17.5 Å². The molecule has 0 heterocycles. The molecule has 2 rings (SSSR count). The van der Waals surface area contributed by atoms with E-state index in [-0.39, 0.29) is 24.1 Å². The molecule has 2 aromatic rings. The summed E-state index contributed by atoms with van der Waals surface area (Å²) in [5.74, 6) is -0.302. The molecule has 0 spiro atoms. The van der Waals surface area contributed by atoms with Gasteiger partial charge in [0, 0.05) is 19.2 Å². The fourth-order valence-corrected chi connectivity index (χ4v) is 3.36. The van der Waals surface area contributed by atoms with E-state index in [1.54, 1.807) is 18.2 Å². The highest BCUT2D eigenvalue weighted by molar-refractivity contribution is 7.89. The SMILES string of the molecule is COCCS(=O)(=O)NCC(C)c1ccc(-c2ccccc2F)cc1. The molecule has 1 unspecified atom stereocenters. The van der Waals surface area contributed by atoms with Crippen molar-refractivity contribution in [1.82, 2.24) is 4.72 Å². The summed E-state index contributed by atoms with van der Waals surface area (Å²) in [6.45, 7) is 2.42. The highest BCUT2D eigenvalue weighted by Crippen LogP contribution is 2.24. The van der Waals surface area contributed by atoms with Crippen LogP contribution in [-0.4, -0.2) is 34.4 Å². The maximum absolute atomic E-state index is 13.8. The monoisotopic (exact) mass is 351 g/mol. The summed E-state index contributed by atoms with van der Waals surface area (Å²) in [7, 11) is -1.86. The molecule has 0 fully saturated rings. The van der Waals surface area contributed by atoms with Crippen LogP contribution in [-0.2, 0) is 14.8 Å². The summed E-state index contributed by atoms with van der Waals surface area (Å²) in [6.07, 6.45) is 0. The number of nitrogens with one attached hydrogen (secondary N) is 1. The number of rotatable bonds is 8. The maximum atomic E-state index is 13.8. The molecular weight excluding hydrogens is 329 g/mol. The Kier molecular flexibility index (Phi) is 6.48. The van der Waals surface area contributed by atoms with Crippen molar-refractivity contribution in [1.29, 1.82) is 0 Å². The molecule has 0 amide bonds. The molecule has 2 aromatic carbocycles. The van der Waals surface area contributed by atoms with Gasteiger partial charge in [-0.05, 0) is 23.1 Å². The summed E-state index contributed by atoms with van der Waals surface area (Å²) < 4.78 is 44.7. The number of hydrogen-bond acceptors (Lipinski definition) is 3. The van der Waals surface area contributed by atoms with E-state index in [0.717, 1.165) is 11.1 Å². The average molecular weight is 351 g/mol. The molecule has 0 saturated carbocycles. The quantitative estimate of drug-likeness (QED) is 0.795. The number of methoxy groups -OCH3 is 1. The van der Waals surface area contributed by atoms with Gasteiger partial charge in [-0.3, -0.25) is 0 Å². The Morgan fingerprint density at radius 3 is 2.42 bits per heavy atom. The number of sulfonamides is 1. The number of benzene rings is 2. The molecule has 0 saturated heterocycles. The van der Waals surface area contributed by atoms with Crippen molar-refractivity contribution >= 4 is 10.0 Å². The first-order valence-corrected chi connectivity index (χ1v) is 9.39. The number of ether oxygens (including phenoxy) is 1. The fraction of sp³-hybridized carbons (Fsp3) is 0.333. The Morgan fingerprint density at radius 2 is 1.79 bits per heavy atom. The smallest absolute Gasteiger partial charge is 0.213 e. The van der Waals surface area contributed by atoms with Gasteiger partial charge in [0.2, 0.25) is 10.0 Å². The minimum Gasteiger partial charge on any atom is -0.384 e. The van der Waals surface area contributed by atoms with E-state index in [9.17, 15) is 12.8 Å². The molecule has 0 aromatic heterocycles. The van der Waals surface area contributed by atoms with Crippen LogP contribution < -0.4 is 4.72 Å². The predicted molar refractivity (Wildman–Crippen MR) is 93.9 cm³/mol. The summed E-state index contributed by atoms with van der Waals surface area (Å²) in [4.78, 5) is 0. The van der Waals surface area contributed by atoms with Crippen molar-refractivity contribution < 1.29 is 17.5 Å². The van der Waals surface area contributed by atoms with Crippen LogP contribution in [0.2, 0.25) is 0 Å². The minimum atomic E-state index is -3.33. The lowest BCUT2D eigenvalue weighted by Crippen LogP contribution is -2.31. The van der Waals surface area contributed by atoms with Crippen LogP contribution in [0.15, 0.2) is 48.5 Å². The van der Waals surface area contributed by atoms with Crippen molar-refractivity contribution in [2.24, 2.45) is 0 Å². The summed E-state index contributed by atoms with van der Waals surface area (Å²) >= 11 is 0. The Hall–Kier alpha value is -1.76. The highest BCUT2D eigenvalue weighted by atomic mass is 32.2. The third kappa shape index (κ3) is 5.12. The summed E-state index contributed by atoms with van der Waals surface area (Å²) in [5, 5.41) is 0. The molecule has 1 atom stereocenters. The van der Waals surface area contributed by atoms with Crippen molar-refractivity contribution in [2.45, 2.75) is 12.8 Å². The zero-order chi connectivity index (χ0) is 17.6. The zero-order valence-corrected chi connectivity index (χ0v) is 14.6. The van der Waals surface area contributed by atoms with Gasteiger partial charge >= 0.3 is 0 Å². The van der Waals surface area contributed by atoms with Gasteiger partial charge in [0.15, 0.2) is 0 Å². The molecule has 130 valence electrons. The molecule has 0 aliphatic heterocycles. The normalized spacial score (nSPS) is 13.0. The number of halogens is 1. The molecule has 1 N–H and O–H groups in total. The van der Waals surface area contributed by atoms with Crippen molar-refractivity contribution in [2.75, 3.05) is 26.0 Å². The molecule has 0 aliphatic carbocycles. The van der Waals surface area contributed by atoms with E-state index in [1.165, 1.54) is 13.2 Å². The number of hydrogen-bond donors (Lipinski definition) is 1. The minimum absolute atomic E-state index is 0.0111. The maximum Gasteiger partial charge on any atom is 0.213 e. The summed E-state index contributed by atoms with van der Waals surface area (Å²) in [5.41, 5.74) is 2.34. The average Bonchev–Trinajstić information content (AvgIpc) is 2.59. The molecule has 0 aliphatic rings.